The summed E-state index contributed by atoms with van der Waals surface area (Å²) in [5, 5.41) is 4.86. The Labute approximate surface area is 149 Å². The van der Waals surface area contributed by atoms with Crippen LogP contribution in [0.4, 0.5) is 9.80 Å². The fraction of sp³-hybridized carbons (Fsp3) is 0.500. The second-order valence-corrected chi connectivity index (χ2v) is 6.10. The van der Waals surface area contributed by atoms with Crippen molar-refractivity contribution in [3.8, 4) is 0 Å². The zero-order valence-corrected chi connectivity index (χ0v) is 15.5. The minimum atomic E-state index is -0.934. The van der Waals surface area contributed by atoms with E-state index in [4.69, 9.17) is 4.74 Å². The standard InChI is InChI=1S/C16H22N2O6S/c1-5-7-8-10(19)17-14-11(13(20)18-16(22)23-4)9(3)12(25-14)15(21)24-6-2/h5-8H2,1-4H3,(H,17,19)(H,18,20,22). The second-order valence-electron chi connectivity index (χ2n) is 5.08. The van der Waals surface area contributed by atoms with Crippen LogP contribution in [0, 0.1) is 6.92 Å². The van der Waals surface area contributed by atoms with Crippen molar-refractivity contribution in [3.05, 3.63) is 16.0 Å². The number of ether oxygens (including phenoxy) is 2. The van der Waals surface area contributed by atoms with Gasteiger partial charge in [-0.2, -0.15) is 0 Å². The molecule has 2 N–H and O–H groups in total. The van der Waals surface area contributed by atoms with Gasteiger partial charge in [-0.3, -0.25) is 14.9 Å². The number of nitrogens with one attached hydrogen (secondary N) is 2. The summed E-state index contributed by atoms with van der Waals surface area (Å²) in [4.78, 5) is 47.9. The number of alkyl carbamates (subject to hydrolysis) is 1. The van der Waals surface area contributed by atoms with Crippen molar-refractivity contribution in [2.24, 2.45) is 0 Å². The van der Waals surface area contributed by atoms with Gasteiger partial charge in [-0.1, -0.05) is 13.3 Å². The number of esters is 1. The Morgan fingerprint density at radius 3 is 2.40 bits per heavy atom. The maximum Gasteiger partial charge on any atom is 0.413 e. The fourth-order valence-corrected chi connectivity index (χ4v) is 3.11. The van der Waals surface area contributed by atoms with Crippen LogP contribution in [-0.2, 0) is 14.3 Å². The van der Waals surface area contributed by atoms with E-state index in [2.05, 4.69) is 10.1 Å². The number of anilines is 1. The first-order chi connectivity index (χ1) is 11.8. The van der Waals surface area contributed by atoms with Gasteiger partial charge in [-0.25, -0.2) is 9.59 Å². The van der Waals surface area contributed by atoms with Crippen LogP contribution in [0.25, 0.3) is 0 Å². The highest BCUT2D eigenvalue weighted by Crippen LogP contribution is 2.34. The molecular formula is C16H22N2O6S. The van der Waals surface area contributed by atoms with E-state index in [-0.39, 0.29) is 28.0 Å². The Kier molecular flexibility index (Phi) is 8.06. The maximum absolute atomic E-state index is 12.3. The molecule has 8 nitrogen and oxygen atoms in total. The number of rotatable bonds is 7. The van der Waals surface area contributed by atoms with Gasteiger partial charge in [0.2, 0.25) is 5.91 Å². The summed E-state index contributed by atoms with van der Waals surface area (Å²) in [5.74, 6) is -1.63. The molecule has 9 heteroatoms. The van der Waals surface area contributed by atoms with E-state index in [1.165, 1.54) is 0 Å². The summed E-state index contributed by atoms with van der Waals surface area (Å²) in [7, 11) is 1.13. The molecule has 0 saturated carbocycles. The zero-order valence-electron chi connectivity index (χ0n) is 14.7. The van der Waals surface area contributed by atoms with Gasteiger partial charge in [0, 0.05) is 6.42 Å². The zero-order chi connectivity index (χ0) is 19.0. The van der Waals surface area contributed by atoms with Gasteiger partial charge in [0.1, 0.15) is 9.88 Å². The lowest BCUT2D eigenvalue weighted by molar-refractivity contribution is -0.116. The molecule has 0 saturated heterocycles. The molecular weight excluding hydrogens is 348 g/mol. The summed E-state index contributed by atoms with van der Waals surface area (Å²) >= 11 is 0.940. The number of hydrogen-bond donors (Lipinski definition) is 2. The average molecular weight is 370 g/mol. The van der Waals surface area contributed by atoms with Crippen LogP contribution < -0.4 is 10.6 Å². The Balaban J connectivity index is 3.20. The molecule has 0 aromatic carbocycles. The molecule has 0 bridgehead atoms. The number of unbranched alkanes of at least 4 members (excludes halogenated alkanes) is 1. The fourth-order valence-electron chi connectivity index (χ4n) is 2.00. The van der Waals surface area contributed by atoms with Gasteiger partial charge in [-0.05, 0) is 25.8 Å². The number of amides is 3. The lowest BCUT2D eigenvalue weighted by Crippen LogP contribution is -2.31. The molecule has 3 amide bonds. The number of carbonyl (C=O) groups excluding carboxylic acids is 4. The van der Waals surface area contributed by atoms with Crippen LogP contribution in [0.5, 0.6) is 0 Å². The van der Waals surface area contributed by atoms with Crippen molar-refractivity contribution < 1.29 is 28.7 Å². The normalized spacial score (nSPS) is 10.1. The maximum atomic E-state index is 12.3. The third-order valence-electron chi connectivity index (χ3n) is 3.25. The molecule has 1 aromatic heterocycles. The molecule has 0 radical (unpaired) electrons. The number of methoxy groups -OCH3 is 1. The third kappa shape index (κ3) is 5.56. The van der Waals surface area contributed by atoms with E-state index in [1.807, 2.05) is 12.2 Å². The van der Waals surface area contributed by atoms with Crippen molar-refractivity contribution in [3.63, 3.8) is 0 Å². The highest BCUT2D eigenvalue weighted by atomic mass is 32.1. The molecule has 0 aliphatic carbocycles. The van der Waals surface area contributed by atoms with Crippen molar-refractivity contribution in [1.29, 1.82) is 0 Å². The predicted octanol–water partition coefficient (Wildman–Crippen LogP) is 2.86. The average Bonchev–Trinajstić information content (AvgIpc) is 2.89. The first kappa shape index (κ1) is 20.6. The van der Waals surface area contributed by atoms with E-state index in [0.717, 1.165) is 24.9 Å². The monoisotopic (exact) mass is 370 g/mol. The highest BCUT2D eigenvalue weighted by molar-refractivity contribution is 7.18. The Bertz CT molecular complexity index is 668. The van der Waals surface area contributed by atoms with E-state index in [9.17, 15) is 19.2 Å². The SMILES string of the molecule is CCCCC(=O)Nc1sc(C(=O)OCC)c(C)c1C(=O)NC(=O)OC. The lowest BCUT2D eigenvalue weighted by atomic mass is 10.1. The largest absolute Gasteiger partial charge is 0.462 e. The third-order valence-corrected chi connectivity index (χ3v) is 4.43. The van der Waals surface area contributed by atoms with Gasteiger partial charge >= 0.3 is 12.1 Å². The Morgan fingerprint density at radius 2 is 1.84 bits per heavy atom. The molecule has 0 aliphatic heterocycles. The van der Waals surface area contributed by atoms with Gasteiger partial charge in [0.25, 0.3) is 5.91 Å². The number of thiophene rings is 1. The Morgan fingerprint density at radius 1 is 1.16 bits per heavy atom. The van der Waals surface area contributed by atoms with Gasteiger partial charge in [0.15, 0.2) is 0 Å². The van der Waals surface area contributed by atoms with Crippen LogP contribution in [0.1, 0.15) is 58.7 Å². The summed E-state index contributed by atoms with van der Waals surface area (Å²) in [5.41, 5.74) is 0.374. The summed E-state index contributed by atoms with van der Waals surface area (Å²) in [6.07, 6.45) is 0.905. The van der Waals surface area contributed by atoms with Gasteiger partial charge in [0.05, 0.1) is 19.3 Å². The van der Waals surface area contributed by atoms with Crippen LogP contribution >= 0.6 is 11.3 Å². The van der Waals surface area contributed by atoms with Crippen molar-refractivity contribution in [1.82, 2.24) is 5.32 Å². The topological polar surface area (TPSA) is 111 Å². The molecule has 1 aromatic rings. The molecule has 25 heavy (non-hydrogen) atoms. The van der Waals surface area contributed by atoms with Gasteiger partial charge < -0.3 is 14.8 Å². The summed E-state index contributed by atoms with van der Waals surface area (Å²) in [6, 6.07) is 0. The predicted molar refractivity (Wildman–Crippen MR) is 93.0 cm³/mol. The van der Waals surface area contributed by atoms with E-state index in [0.29, 0.717) is 18.4 Å². The molecule has 0 atom stereocenters. The number of hydrogen-bond acceptors (Lipinski definition) is 7. The molecule has 0 spiro atoms. The Hall–Kier alpha value is -2.42. The highest BCUT2D eigenvalue weighted by Gasteiger charge is 2.27. The van der Waals surface area contributed by atoms with E-state index >= 15 is 0 Å². The van der Waals surface area contributed by atoms with Crippen LogP contribution in [-0.4, -0.2) is 37.6 Å². The van der Waals surface area contributed by atoms with E-state index in [1.54, 1.807) is 13.8 Å². The molecule has 0 unspecified atom stereocenters. The molecule has 1 rings (SSSR count). The van der Waals surface area contributed by atoms with Crippen molar-refractivity contribution >= 4 is 40.2 Å². The lowest BCUT2D eigenvalue weighted by Gasteiger charge is -2.07. The minimum Gasteiger partial charge on any atom is -0.462 e. The quantitative estimate of drug-likeness (QED) is 0.714. The first-order valence-electron chi connectivity index (χ1n) is 7.85. The summed E-state index contributed by atoms with van der Waals surface area (Å²) < 4.78 is 9.37. The summed E-state index contributed by atoms with van der Waals surface area (Å²) in [6.45, 7) is 5.35. The molecule has 138 valence electrons. The van der Waals surface area contributed by atoms with Crippen LogP contribution in [0.15, 0.2) is 0 Å². The number of carbonyl (C=O) groups is 4. The molecule has 1 heterocycles. The second kappa shape index (κ2) is 9.77. The smallest absolute Gasteiger partial charge is 0.413 e. The first-order valence-corrected chi connectivity index (χ1v) is 8.66. The van der Waals surface area contributed by atoms with Crippen LogP contribution in [0.2, 0.25) is 0 Å². The van der Waals surface area contributed by atoms with Gasteiger partial charge in [-0.15, -0.1) is 11.3 Å². The van der Waals surface area contributed by atoms with E-state index < -0.39 is 18.0 Å². The molecule has 0 fully saturated rings. The van der Waals surface area contributed by atoms with Crippen LogP contribution in [0.3, 0.4) is 0 Å². The number of imide groups is 1. The van der Waals surface area contributed by atoms with Crippen molar-refractivity contribution in [2.45, 2.75) is 40.0 Å². The molecule has 0 aliphatic rings. The minimum absolute atomic E-state index is 0.0447. The van der Waals surface area contributed by atoms with Crippen molar-refractivity contribution in [2.75, 3.05) is 19.0 Å².